The number of carbonyl (C=O) groups excluding carboxylic acids is 3. The molecule has 1 aromatic heterocycles. The Labute approximate surface area is 218 Å². The maximum absolute atomic E-state index is 13.0. The molecule has 7 nitrogen and oxygen atoms in total. The van der Waals surface area contributed by atoms with E-state index in [1.807, 2.05) is 44.2 Å². The largest absolute Gasteiger partial charge is 0.466 e. The van der Waals surface area contributed by atoms with Crippen molar-refractivity contribution in [3.63, 3.8) is 0 Å². The summed E-state index contributed by atoms with van der Waals surface area (Å²) in [5, 5.41) is 5.65. The number of aryl methyl sites for hydroxylation is 1. The molecular formula is C28H38N2O5S. The van der Waals surface area contributed by atoms with Crippen molar-refractivity contribution in [3.8, 4) is 0 Å². The van der Waals surface area contributed by atoms with Crippen molar-refractivity contribution in [2.24, 2.45) is 5.92 Å². The number of ether oxygens (including phenoxy) is 1. The van der Waals surface area contributed by atoms with E-state index in [0.29, 0.717) is 35.8 Å². The third-order valence-electron chi connectivity index (χ3n) is 6.18. The molecule has 2 aromatic rings. The molecule has 0 radical (unpaired) electrons. The SMILES string of the molecule is CC(C)CC(NC(=O)OC1CCCCC1)C(=O)Nc1ccoc1CSCC(=O)CCc1ccccc1. The lowest BCUT2D eigenvalue weighted by Crippen LogP contribution is -2.45. The highest BCUT2D eigenvalue weighted by Gasteiger charge is 2.26. The summed E-state index contributed by atoms with van der Waals surface area (Å²) in [7, 11) is 0. The minimum Gasteiger partial charge on any atom is -0.466 e. The second-order valence-electron chi connectivity index (χ2n) is 9.76. The lowest BCUT2D eigenvalue weighted by molar-refractivity contribution is -0.118. The minimum atomic E-state index is -0.712. The predicted molar refractivity (Wildman–Crippen MR) is 143 cm³/mol. The highest BCUT2D eigenvalue weighted by atomic mass is 32.2. The zero-order valence-corrected chi connectivity index (χ0v) is 22.1. The van der Waals surface area contributed by atoms with E-state index in [4.69, 9.17) is 9.15 Å². The van der Waals surface area contributed by atoms with Gasteiger partial charge in [0.05, 0.1) is 23.5 Å². The van der Waals surface area contributed by atoms with Gasteiger partial charge in [0.1, 0.15) is 23.7 Å². The average Bonchev–Trinajstić information content (AvgIpc) is 3.30. The van der Waals surface area contributed by atoms with Crippen molar-refractivity contribution in [3.05, 3.63) is 54.0 Å². The first kappa shape index (κ1) is 27.8. The summed E-state index contributed by atoms with van der Waals surface area (Å²) >= 11 is 1.46. The molecule has 1 saturated carbocycles. The number of carbonyl (C=O) groups is 3. The number of benzene rings is 1. The van der Waals surface area contributed by atoms with Crippen LogP contribution < -0.4 is 10.6 Å². The lowest BCUT2D eigenvalue weighted by atomic mass is 9.98. The van der Waals surface area contributed by atoms with Crippen molar-refractivity contribution >= 4 is 35.2 Å². The zero-order valence-electron chi connectivity index (χ0n) is 21.3. The second-order valence-corrected chi connectivity index (χ2v) is 10.7. The van der Waals surface area contributed by atoms with Crippen LogP contribution in [0, 0.1) is 5.92 Å². The first-order chi connectivity index (χ1) is 17.4. The Bertz CT molecular complexity index is 969. The normalized spacial score (nSPS) is 14.9. The number of alkyl carbamates (subject to hydrolysis) is 1. The molecule has 1 aliphatic carbocycles. The number of ketones is 1. The molecule has 2 amide bonds. The molecule has 1 fully saturated rings. The van der Waals surface area contributed by atoms with Crippen LogP contribution in [0.25, 0.3) is 0 Å². The summed E-state index contributed by atoms with van der Waals surface area (Å²) < 4.78 is 11.1. The van der Waals surface area contributed by atoms with Crippen LogP contribution >= 0.6 is 11.8 Å². The molecule has 1 aliphatic rings. The topological polar surface area (TPSA) is 97.6 Å². The van der Waals surface area contributed by atoms with Gasteiger partial charge in [-0.25, -0.2) is 4.79 Å². The first-order valence-electron chi connectivity index (χ1n) is 12.9. The summed E-state index contributed by atoms with van der Waals surface area (Å²) in [5.41, 5.74) is 1.71. The Hall–Kier alpha value is -2.74. The number of hydrogen-bond acceptors (Lipinski definition) is 6. The molecule has 36 heavy (non-hydrogen) atoms. The molecule has 1 heterocycles. The summed E-state index contributed by atoms with van der Waals surface area (Å²) in [4.78, 5) is 37.8. The highest BCUT2D eigenvalue weighted by molar-refractivity contribution is 7.99. The Morgan fingerprint density at radius 3 is 2.56 bits per heavy atom. The van der Waals surface area contributed by atoms with Gasteiger partial charge >= 0.3 is 6.09 Å². The summed E-state index contributed by atoms with van der Waals surface area (Å²) in [6, 6.07) is 10.9. The fourth-order valence-electron chi connectivity index (χ4n) is 4.26. The fraction of sp³-hybridized carbons (Fsp3) is 0.536. The number of hydrogen-bond donors (Lipinski definition) is 2. The molecule has 3 rings (SSSR count). The van der Waals surface area contributed by atoms with Crippen molar-refractivity contribution in [2.45, 2.75) is 83.1 Å². The number of furan rings is 1. The number of nitrogens with one attached hydrogen (secondary N) is 2. The summed E-state index contributed by atoms with van der Waals surface area (Å²) in [6.45, 7) is 4.01. The third-order valence-corrected chi connectivity index (χ3v) is 7.17. The molecule has 196 valence electrons. The number of rotatable bonds is 13. The van der Waals surface area contributed by atoms with E-state index in [2.05, 4.69) is 10.6 Å². The number of Topliss-reactive ketones (excluding diaryl/α,β-unsaturated/α-hetero) is 1. The molecule has 0 bridgehead atoms. The Balaban J connectivity index is 1.46. The number of thioether (sulfide) groups is 1. The molecule has 0 aliphatic heterocycles. The molecule has 0 saturated heterocycles. The molecule has 8 heteroatoms. The van der Waals surface area contributed by atoms with Crippen LogP contribution in [-0.2, 0) is 26.5 Å². The Kier molecular flexibility index (Phi) is 11.4. The molecular weight excluding hydrogens is 476 g/mol. The Morgan fingerprint density at radius 1 is 1.08 bits per heavy atom. The molecule has 2 N–H and O–H groups in total. The van der Waals surface area contributed by atoms with E-state index < -0.39 is 12.1 Å². The van der Waals surface area contributed by atoms with E-state index in [-0.39, 0.29) is 23.7 Å². The van der Waals surface area contributed by atoms with Gasteiger partial charge in [0.25, 0.3) is 0 Å². The number of amides is 2. The monoisotopic (exact) mass is 514 g/mol. The maximum atomic E-state index is 13.0. The smallest absolute Gasteiger partial charge is 0.408 e. The van der Waals surface area contributed by atoms with Gasteiger partial charge < -0.3 is 19.8 Å². The summed E-state index contributed by atoms with van der Waals surface area (Å²) in [6.07, 6.45) is 7.67. The van der Waals surface area contributed by atoms with Crippen molar-refractivity contribution in [2.75, 3.05) is 11.1 Å². The van der Waals surface area contributed by atoms with Gasteiger partial charge in [0.15, 0.2) is 0 Å². The molecule has 0 spiro atoms. The lowest BCUT2D eigenvalue weighted by Gasteiger charge is -2.24. The van der Waals surface area contributed by atoms with Crippen LogP contribution in [0.15, 0.2) is 47.1 Å². The van der Waals surface area contributed by atoms with Crippen LogP contribution in [0.3, 0.4) is 0 Å². The molecule has 1 unspecified atom stereocenters. The van der Waals surface area contributed by atoms with Crippen molar-refractivity contribution in [1.82, 2.24) is 5.32 Å². The van der Waals surface area contributed by atoms with Crippen LogP contribution in [0.4, 0.5) is 10.5 Å². The zero-order chi connectivity index (χ0) is 25.8. The van der Waals surface area contributed by atoms with Gasteiger partial charge in [-0.3, -0.25) is 9.59 Å². The van der Waals surface area contributed by atoms with Gasteiger partial charge in [-0.15, -0.1) is 11.8 Å². The quantitative estimate of drug-likeness (QED) is 0.334. The fourth-order valence-corrected chi connectivity index (χ4v) is 5.14. The number of anilines is 1. The van der Waals surface area contributed by atoms with Gasteiger partial charge in [-0.05, 0) is 50.0 Å². The van der Waals surface area contributed by atoms with Gasteiger partial charge in [-0.1, -0.05) is 50.6 Å². The van der Waals surface area contributed by atoms with Gasteiger partial charge in [0, 0.05) is 12.5 Å². The van der Waals surface area contributed by atoms with Gasteiger partial charge in [-0.2, -0.15) is 0 Å². The van der Waals surface area contributed by atoms with E-state index in [0.717, 1.165) is 37.7 Å². The van der Waals surface area contributed by atoms with E-state index in [1.165, 1.54) is 24.4 Å². The van der Waals surface area contributed by atoms with E-state index in [1.54, 1.807) is 6.07 Å². The van der Waals surface area contributed by atoms with E-state index >= 15 is 0 Å². The van der Waals surface area contributed by atoms with Gasteiger partial charge in [0.2, 0.25) is 5.91 Å². The van der Waals surface area contributed by atoms with Crippen LogP contribution in [0.1, 0.15) is 70.1 Å². The van der Waals surface area contributed by atoms with Crippen molar-refractivity contribution < 1.29 is 23.5 Å². The van der Waals surface area contributed by atoms with E-state index in [9.17, 15) is 14.4 Å². The molecule has 1 aromatic carbocycles. The maximum Gasteiger partial charge on any atom is 0.408 e. The minimum absolute atomic E-state index is 0.0746. The van der Waals surface area contributed by atoms with Crippen LogP contribution in [0.2, 0.25) is 0 Å². The van der Waals surface area contributed by atoms with Crippen molar-refractivity contribution in [1.29, 1.82) is 0 Å². The first-order valence-corrected chi connectivity index (χ1v) is 14.0. The predicted octanol–water partition coefficient (Wildman–Crippen LogP) is 6.13. The second kappa shape index (κ2) is 14.7. The average molecular weight is 515 g/mol. The van der Waals surface area contributed by atoms with Crippen LogP contribution in [0.5, 0.6) is 0 Å². The van der Waals surface area contributed by atoms with Crippen LogP contribution in [-0.4, -0.2) is 35.7 Å². The standard InChI is InChI=1S/C28H38N2O5S/c1-20(2)17-25(30-28(33)35-23-11-7-4-8-12-23)27(32)29-24-15-16-34-26(24)19-36-18-22(31)14-13-21-9-5-3-6-10-21/h3,5-6,9-10,15-16,20,23,25H,4,7-8,11-14,17-19H2,1-2H3,(H,29,32)(H,30,33). The highest BCUT2D eigenvalue weighted by Crippen LogP contribution is 2.24. The Morgan fingerprint density at radius 2 is 1.83 bits per heavy atom. The summed E-state index contributed by atoms with van der Waals surface area (Å²) in [5.74, 6) is 1.51. The molecule has 1 atom stereocenters. The third kappa shape index (κ3) is 9.72.